The van der Waals surface area contributed by atoms with Crippen LogP contribution in [0.25, 0.3) is 89.2 Å². The van der Waals surface area contributed by atoms with Crippen molar-refractivity contribution in [2.45, 2.75) is 0 Å². The zero-order chi connectivity index (χ0) is 34.4. The van der Waals surface area contributed by atoms with Crippen molar-refractivity contribution in [1.29, 1.82) is 0 Å². The summed E-state index contributed by atoms with van der Waals surface area (Å²) in [4.78, 5) is 5.06. The summed E-state index contributed by atoms with van der Waals surface area (Å²) >= 11 is 0. The molecule has 0 aliphatic heterocycles. The van der Waals surface area contributed by atoms with E-state index in [4.69, 9.17) is 10.1 Å². The summed E-state index contributed by atoms with van der Waals surface area (Å²) in [6.45, 7) is 0. The summed E-state index contributed by atoms with van der Waals surface area (Å²) in [5, 5.41) is 7.72. The molecule has 0 N–H and O–H groups in total. The van der Waals surface area contributed by atoms with Gasteiger partial charge in [-0.1, -0.05) is 164 Å². The number of benzene rings is 7. The molecule has 0 aliphatic rings. The lowest BCUT2D eigenvalue weighted by Crippen LogP contribution is -1.97. The summed E-state index contributed by atoms with van der Waals surface area (Å²) in [6, 6.07) is 68.4. The van der Waals surface area contributed by atoms with E-state index < -0.39 is 0 Å². The second-order valence-electron chi connectivity index (χ2n) is 13.1. The van der Waals surface area contributed by atoms with Crippen LogP contribution in [0.3, 0.4) is 0 Å². The number of para-hydroxylation sites is 3. The van der Waals surface area contributed by atoms with E-state index in [1.807, 2.05) is 12.1 Å². The first-order valence-electron chi connectivity index (χ1n) is 17.6. The number of hydrogen-bond acceptors (Lipinski definition) is 2. The van der Waals surface area contributed by atoms with Gasteiger partial charge in [0.2, 0.25) is 0 Å². The minimum Gasteiger partial charge on any atom is -0.292 e. The normalized spacial score (nSPS) is 11.5. The van der Waals surface area contributed by atoms with Crippen molar-refractivity contribution < 1.29 is 0 Å². The number of imidazole rings is 1. The molecule has 3 heterocycles. The standard InChI is InChI=1S/C48H32N4/c1-4-14-35(15-5-1)44-32-39-18-10-11-21-41(39)47-45(46(50-52(44)47)37-16-6-2-7-17-37)36-28-24-33(25-29-36)34-26-30-38(31-27-34)48-49-42-22-12-13-23-43(42)51(48)40-19-8-3-9-20-40/h1-32H. The fraction of sp³-hybridized carbons (Fsp3) is 0. The van der Waals surface area contributed by atoms with Crippen LogP contribution >= 0.6 is 0 Å². The van der Waals surface area contributed by atoms with Gasteiger partial charge in [-0.2, -0.15) is 5.10 Å². The van der Waals surface area contributed by atoms with Crippen molar-refractivity contribution in [3.8, 4) is 61.8 Å². The molecule has 10 aromatic rings. The highest BCUT2D eigenvalue weighted by atomic mass is 15.2. The molecule has 7 aromatic carbocycles. The van der Waals surface area contributed by atoms with Gasteiger partial charge in [0.25, 0.3) is 0 Å². The number of nitrogens with zero attached hydrogens (tertiary/aromatic N) is 4. The Balaban J connectivity index is 1.09. The Morgan fingerprint density at radius 3 is 1.69 bits per heavy atom. The Kier molecular flexibility index (Phi) is 7.10. The zero-order valence-electron chi connectivity index (χ0n) is 28.3. The van der Waals surface area contributed by atoms with Crippen molar-refractivity contribution in [2.24, 2.45) is 0 Å². The maximum atomic E-state index is 5.36. The number of rotatable bonds is 6. The molecule has 0 unspecified atom stereocenters. The monoisotopic (exact) mass is 664 g/mol. The number of aromatic nitrogens is 4. The first-order valence-corrected chi connectivity index (χ1v) is 17.6. The molecule has 52 heavy (non-hydrogen) atoms. The van der Waals surface area contributed by atoms with E-state index in [1.54, 1.807) is 0 Å². The van der Waals surface area contributed by atoms with E-state index in [-0.39, 0.29) is 0 Å². The lowest BCUT2D eigenvalue weighted by Gasteiger charge is -2.11. The average Bonchev–Trinajstić information content (AvgIpc) is 3.82. The molecular formula is C48H32N4. The average molecular weight is 665 g/mol. The number of fused-ring (bicyclic) bond motifs is 4. The second kappa shape index (κ2) is 12.4. The predicted octanol–water partition coefficient (Wildman–Crippen LogP) is 12.2. The zero-order valence-corrected chi connectivity index (χ0v) is 28.3. The van der Waals surface area contributed by atoms with E-state index in [0.717, 1.165) is 78.4 Å². The molecule has 3 aromatic heterocycles. The highest BCUT2D eigenvalue weighted by molar-refractivity contribution is 6.08. The summed E-state index contributed by atoms with van der Waals surface area (Å²) in [7, 11) is 0. The third-order valence-corrected chi connectivity index (χ3v) is 9.96. The Morgan fingerprint density at radius 2 is 0.981 bits per heavy atom. The second-order valence-corrected chi connectivity index (χ2v) is 13.1. The molecule has 0 saturated heterocycles. The van der Waals surface area contributed by atoms with Crippen LogP contribution in [0, 0.1) is 0 Å². The van der Waals surface area contributed by atoms with Crippen LogP contribution in [0.2, 0.25) is 0 Å². The highest BCUT2D eigenvalue weighted by Crippen LogP contribution is 2.41. The molecule has 0 spiro atoms. The molecular weight excluding hydrogens is 633 g/mol. The first-order chi connectivity index (χ1) is 25.8. The minimum absolute atomic E-state index is 0.929. The van der Waals surface area contributed by atoms with Crippen molar-refractivity contribution in [1.82, 2.24) is 19.2 Å². The SMILES string of the molecule is c1ccc(-c2nn3c(-c4ccccc4)cc4ccccc4c3c2-c2ccc(-c3ccc(-c4nc5ccccc5n4-c4ccccc4)cc3)cc2)cc1. The van der Waals surface area contributed by atoms with E-state index in [0.29, 0.717) is 0 Å². The maximum absolute atomic E-state index is 5.36. The molecule has 0 saturated carbocycles. The van der Waals surface area contributed by atoms with Gasteiger partial charge in [-0.3, -0.25) is 4.57 Å². The topological polar surface area (TPSA) is 35.1 Å². The van der Waals surface area contributed by atoms with Crippen LogP contribution in [0.15, 0.2) is 194 Å². The van der Waals surface area contributed by atoms with E-state index >= 15 is 0 Å². The fourth-order valence-corrected chi connectivity index (χ4v) is 7.47. The van der Waals surface area contributed by atoms with Crippen LogP contribution in [0.1, 0.15) is 0 Å². The third-order valence-electron chi connectivity index (χ3n) is 9.96. The summed E-state index contributed by atoms with van der Waals surface area (Å²) in [5.74, 6) is 0.929. The summed E-state index contributed by atoms with van der Waals surface area (Å²) < 4.78 is 4.39. The first kappa shape index (κ1) is 29.8. The summed E-state index contributed by atoms with van der Waals surface area (Å²) in [6.07, 6.45) is 0. The van der Waals surface area contributed by atoms with Crippen molar-refractivity contribution in [2.75, 3.05) is 0 Å². The van der Waals surface area contributed by atoms with Gasteiger partial charge in [-0.15, -0.1) is 0 Å². The van der Waals surface area contributed by atoms with Crippen molar-refractivity contribution in [3.05, 3.63) is 194 Å². The predicted molar refractivity (Wildman–Crippen MR) is 215 cm³/mol. The van der Waals surface area contributed by atoms with Gasteiger partial charge < -0.3 is 0 Å². The highest BCUT2D eigenvalue weighted by Gasteiger charge is 2.21. The molecule has 4 heteroatoms. The van der Waals surface area contributed by atoms with Crippen LogP contribution < -0.4 is 0 Å². The van der Waals surface area contributed by atoms with Gasteiger partial charge in [-0.05, 0) is 52.4 Å². The quantitative estimate of drug-likeness (QED) is 0.177. The van der Waals surface area contributed by atoms with Crippen LogP contribution in [-0.4, -0.2) is 19.2 Å². The molecule has 0 amide bonds. The summed E-state index contributed by atoms with van der Waals surface area (Å²) in [5.41, 5.74) is 14.1. The largest absolute Gasteiger partial charge is 0.292 e. The molecule has 0 radical (unpaired) electrons. The Bertz CT molecular complexity index is 2850. The smallest absolute Gasteiger partial charge is 0.145 e. The molecule has 0 bridgehead atoms. The van der Waals surface area contributed by atoms with Crippen LogP contribution in [-0.2, 0) is 0 Å². The van der Waals surface area contributed by atoms with Crippen LogP contribution in [0.5, 0.6) is 0 Å². The van der Waals surface area contributed by atoms with Gasteiger partial charge in [0.05, 0.1) is 22.2 Å². The Labute approximate surface area is 301 Å². The van der Waals surface area contributed by atoms with Gasteiger partial charge >= 0.3 is 0 Å². The minimum atomic E-state index is 0.929. The lowest BCUT2D eigenvalue weighted by atomic mass is 9.95. The number of hydrogen-bond donors (Lipinski definition) is 0. The molecule has 0 fully saturated rings. The number of pyridine rings is 1. The molecule has 10 rings (SSSR count). The third kappa shape index (κ3) is 5.00. The molecule has 0 atom stereocenters. The fourth-order valence-electron chi connectivity index (χ4n) is 7.47. The maximum Gasteiger partial charge on any atom is 0.145 e. The lowest BCUT2D eigenvalue weighted by molar-refractivity contribution is 0.979. The van der Waals surface area contributed by atoms with Crippen molar-refractivity contribution >= 4 is 27.3 Å². The van der Waals surface area contributed by atoms with Gasteiger partial charge in [0.15, 0.2) is 0 Å². The van der Waals surface area contributed by atoms with E-state index in [9.17, 15) is 0 Å². The molecule has 244 valence electrons. The van der Waals surface area contributed by atoms with Gasteiger partial charge in [0, 0.05) is 33.3 Å². The molecule has 0 aliphatic carbocycles. The van der Waals surface area contributed by atoms with Crippen molar-refractivity contribution in [3.63, 3.8) is 0 Å². The van der Waals surface area contributed by atoms with E-state index in [2.05, 4.69) is 191 Å². The molecule has 4 nitrogen and oxygen atoms in total. The Morgan fingerprint density at radius 1 is 0.423 bits per heavy atom. The van der Waals surface area contributed by atoms with Crippen LogP contribution in [0.4, 0.5) is 0 Å². The Hall–Kier alpha value is -7.04. The van der Waals surface area contributed by atoms with Gasteiger partial charge in [0.1, 0.15) is 11.5 Å². The van der Waals surface area contributed by atoms with E-state index in [1.165, 1.54) is 10.8 Å². The van der Waals surface area contributed by atoms with Gasteiger partial charge in [-0.25, -0.2) is 9.50 Å².